The number of hydrogen-bond donors (Lipinski definition) is 0. The van der Waals surface area contributed by atoms with Crippen LogP contribution in [0.4, 0.5) is 0 Å². The maximum Gasteiger partial charge on any atom is 0.105 e. The molecular formula is C19H17NS. The lowest BCUT2D eigenvalue weighted by Crippen LogP contribution is -1.93. The minimum absolute atomic E-state index is 1.04. The monoisotopic (exact) mass is 291 g/mol. The topological polar surface area (TPSA) is 12.9 Å². The van der Waals surface area contributed by atoms with Crippen molar-refractivity contribution in [2.75, 3.05) is 0 Å². The number of aryl methyl sites for hydroxylation is 1. The van der Waals surface area contributed by atoms with Crippen LogP contribution in [0.3, 0.4) is 0 Å². The molecule has 3 rings (SSSR count). The molecule has 0 fully saturated rings. The van der Waals surface area contributed by atoms with Gasteiger partial charge in [-0.3, -0.25) is 0 Å². The predicted octanol–water partition coefficient (Wildman–Crippen LogP) is 5.52. The van der Waals surface area contributed by atoms with E-state index in [-0.39, 0.29) is 0 Å². The fraction of sp³-hybridized carbons (Fsp3) is 0.105. The smallest absolute Gasteiger partial charge is 0.105 e. The average molecular weight is 291 g/mol. The molecule has 21 heavy (non-hydrogen) atoms. The lowest BCUT2D eigenvalue weighted by Gasteiger charge is -2.11. The van der Waals surface area contributed by atoms with Gasteiger partial charge in [0.1, 0.15) is 5.03 Å². The number of nitrogens with zero attached hydrogens (tertiary/aromatic N) is 1. The third-order valence-electron chi connectivity index (χ3n) is 3.51. The van der Waals surface area contributed by atoms with E-state index in [0.717, 1.165) is 16.3 Å². The summed E-state index contributed by atoms with van der Waals surface area (Å²) in [5, 5.41) is 1.08. The summed E-state index contributed by atoms with van der Waals surface area (Å²) in [4.78, 5) is 6.08. The summed E-state index contributed by atoms with van der Waals surface area (Å²) in [6.07, 6.45) is 0. The molecule has 0 atom stereocenters. The first-order valence-electron chi connectivity index (χ1n) is 7.00. The average Bonchev–Trinajstić information content (AvgIpc) is 2.53. The van der Waals surface area contributed by atoms with Gasteiger partial charge in [0.15, 0.2) is 0 Å². The maximum absolute atomic E-state index is 4.86. The first-order valence-corrected chi connectivity index (χ1v) is 7.82. The van der Waals surface area contributed by atoms with Crippen LogP contribution in [0.1, 0.15) is 11.1 Å². The first kappa shape index (κ1) is 13.9. The molecule has 0 spiro atoms. The normalized spacial score (nSPS) is 10.6. The van der Waals surface area contributed by atoms with Crippen LogP contribution in [0.25, 0.3) is 11.3 Å². The molecule has 1 heterocycles. The molecule has 2 heteroatoms. The predicted molar refractivity (Wildman–Crippen MR) is 89.7 cm³/mol. The summed E-state index contributed by atoms with van der Waals surface area (Å²) in [5.74, 6) is 0. The molecule has 0 unspecified atom stereocenters. The maximum atomic E-state index is 4.86. The van der Waals surface area contributed by atoms with E-state index in [1.165, 1.54) is 16.0 Å². The third-order valence-corrected chi connectivity index (χ3v) is 4.61. The van der Waals surface area contributed by atoms with Crippen LogP contribution in [0, 0.1) is 13.8 Å². The summed E-state index contributed by atoms with van der Waals surface area (Å²) in [6, 6.07) is 22.9. The molecule has 0 saturated carbocycles. The Kier molecular flexibility index (Phi) is 4.07. The molecule has 0 N–H and O–H groups in total. The summed E-state index contributed by atoms with van der Waals surface area (Å²) >= 11 is 1.73. The molecule has 0 amide bonds. The Morgan fingerprint density at radius 3 is 2.10 bits per heavy atom. The second-order valence-electron chi connectivity index (χ2n) is 5.04. The zero-order valence-electron chi connectivity index (χ0n) is 12.2. The summed E-state index contributed by atoms with van der Waals surface area (Å²) in [5.41, 5.74) is 4.73. The molecule has 0 bridgehead atoms. The zero-order valence-corrected chi connectivity index (χ0v) is 13.0. The number of pyridine rings is 1. The lowest BCUT2D eigenvalue weighted by atomic mass is 10.1. The van der Waals surface area contributed by atoms with E-state index in [1.807, 2.05) is 12.1 Å². The Labute approximate surface area is 130 Å². The van der Waals surface area contributed by atoms with Crippen LogP contribution < -0.4 is 0 Å². The molecule has 0 saturated heterocycles. The first-order chi connectivity index (χ1) is 10.2. The van der Waals surface area contributed by atoms with E-state index >= 15 is 0 Å². The van der Waals surface area contributed by atoms with E-state index < -0.39 is 0 Å². The highest BCUT2D eigenvalue weighted by Gasteiger charge is 2.09. The van der Waals surface area contributed by atoms with E-state index in [2.05, 4.69) is 68.4 Å². The van der Waals surface area contributed by atoms with E-state index in [1.54, 1.807) is 11.8 Å². The molecule has 1 nitrogen and oxygen atoms in total. The van der Waals surface area contributed by atoms with Crippen molar-refractivity contribution in [3.8, 4) is 11.3 Å². The second kappa shape index (κ2) is 6.15. The SMILES string of the molecule is Cc1cc(-c2ccccc2)nc(Sc2ccccc2)c1C. The van der Waals surface area contributed by atoms with Crippen molar-refractivity contribution in [2.24, 2.45) is 0 Å². The molecule has 0 aliphatic heterocycles. The Bertz CT molecular complexity index is 736. The van der Waals surface area contributed by atoms with Crippen LogP contribution in [-0.2, 0) is 0 Å². The van der Waals surface area contributed by atoms with Crippen molar-refractivity contribution in [1.29, 1.82) is 0 Å². The zero-order chi connectivity index (χ0) is 14.7. The quantitative estimate of drug-likeness (QED) is 0.630. The fourth-order valence-corrected chi connectivity index (χ4v) is 3.14. The number of benzene rings is 2. The van der Waals surface area contributed by atoms with Crippen molar-refractivity contribution in [3.63, 3.8) is 0 Å². The van der Waals surface area contributed by atoms with Crippen LogP contribution in [0.15, 0.2) is 76.7 Å². The van der Waals surface area contributed by atoms with Gasteiger partial charge in [0.25, 0.3) is 0 Å². The van der Waals surface area contributed by atoms with Gasteiger partial charge in [-0.2, -0.15) is 0 Å². The van der Waals surface area contributed by atoms with Gasteiger partial charge in [-0.25, -0.2) is 4.98 Å². The number of hydrogen-bond acceptors (Lipinski definition) is 2. The summed E-state index contributed by atoms with van der Waals surface area (Å²) < 4.78 is 0. The van der Waals surface area contributed by atoms with Gasteiger partial charge in [-0.1, -0.05) is 60.3 Å². The van der Waals surface area contributed by atoms with Crippen molar-refractivity contribution < 1.29 is 0 Å². The molecule has 3 aromatic rings. The van der Waals surface area contributed by atoms with Crippen molar-refractivity contribution in [1.82, 2.24) is 4.98 Å². The summed E-state index contributed by atoms with van der Waals surface area (Å²) in [7, 11) is 0. The van der Waals surface area contributed by atoms with E-state index in [9.17, 15) is 0 Å². The third kappa shape index (κ3) is 3.17. The Morgan fingerprint density at radius 1 is 0.810 bits per heavy atom. The standard InChI is InChI=1S/C19H17NS/c1-14-13-18(16-9-5-3-6-10-16)20-19(15(14)2)21-17-11-7-4-8-12-17/h3-13H,1-2H3. The Hall–Kier alpha value is -2.06. The molecule has 104 valence electrons. The lowest BCUT2D eigenvalue weighted by molar-refractivity contribution is 1.06. The van der Waals surface area contributed by atoms with Crippen LogP contribution >= 0.6 is 11.8 Å². The number of aromatic nitrogens is 1. The molecule has 2 aromatic carbocycles. The van der Waals surface area contributed by atoms with Gasteiger partial charge in [0.05, 0.1) is 5.69 Å². The van der Waals surface area contributed by atoms with Crippen LogP contribution in [0.5, 0.6) is 0 Å². The molecule has 0 radical (unpaired) electrons. The molecule has 1 aromatic heterocycles. The fourth-order valence-electron chi connectivity index (χ4n) is 2.16. The highest BCUT2D eigenvalue weighted by Crippen LogP contribution is 2.32. The van der Waals surface area contributed by atoms with Gasteiger partial charge < -0.3 is 0 Å². The van der Waals surface area contributed by atoms with E-state index in [0.29, 0.717) is 0 Å². The molecule has 0 aliphatic rings. The second-order valence-corrected chi connectivity index (χ2v) is 6.10. The van der Waals surface area contributed by atoms with Gasteiger partial charge in [-0.05, 0) is 43.2 Å². The van der Waals surface area contributed by atoms with Crippen molar-refractivity contribution in [2.45, 2.75) is 23.8 Å². The van der Waals surface area contributed by atoms with Crippen LogP contribution in [-0.4, -0.2) is 4.98 Å². The van der Waals surface area contributed by atoms with Crippen LogP contribution in [0.2, 0.25) is 0 Å². The largest absolute Gasteiger partial charge is 0.241 e. The highest BCUT2D eigenvalue weighted by molar-refractivity contribution is 7.99. The highest BCUT2D eigenvalue weighted by atomic mass is 32.2. The molecule has 0 aliphatic carbocycles. The molecular weight excluding hydrogens is 274 g/mol. The number of rotatable bonds is 3. The van der Waals surface area contributed by atoms with Gasteiger partial charge in [-0.15, -0.1) is 0 Å². The minimum Gasteiger partial charge on any atom is -0.241 e. The Balaban J connectivity index is 2.02. The van der Waals surface area contributed by atoms with E-state index in [4.69, 9.17) is 4.98 Å². The van der Waals surface area contributed by atoms with Gasteiger partial charge >= 0.3 is 0 Å². The van der Waals surface area contributed by atoms with Gasteiger partial charge in [0.2, 0.25) is 0 Å². The van der Waals surface area contributed by atoms with Crippen molar-refractivity contribution in [3.05, 3.63) is 77.9 Å². The minimum atomic E-state index is 1.04. The summed E-state index contributed by atoms with van der Waals surface area (Å²) in [6.45, 7) is 4.29. The van der Waals surface area contributed by atoms with Gasteiger partial charge in [0, 0.05) is 10.5 Å². The Morgan fingerprint density at radius 2 is 1.43 bits per heavy atom. The van der Waals surface area contributed by atoms with Crippen molar-refractivity contribution >= 4 is 11.8 Å².